The predicted molar refractivity (Wildman–Crippen MR) is 79.9 cm³/mol. The van der Waals surface area contributed by atoms with Crippen molar-refractivity contribution < 1.29 is 9.90 Å². The zero-order valence-corrected chi connectivity index (χ0v) is 12.6. The summed E-state index contributed by atoms with van der Waals surface area (Å²) in [5.74, 6) is -0.891. The molecule has 1 aromatic rings. The highest BCUT2D eigenvalue weighted by molar-refractivity contribution is 9.10. The Morgan fingerprint density at radius 3 is 3.05 bits per heavy atom. The third kappa shape index (κ3) is 3.70. The van der Waals surface area contributed by atoms with Crippen molar-refractivity contribution in [1.82, 2.24) is 4.90 Å². The molecule has 1 unspecified atom stereocenters. The number of hydrogen-bond donors (Lipinski definition) is 2. The van der Waals surface area contributed by atoms with Crippen LogP contribution in [0, 0.1) is 0 Å². The zero-order valence-electron chi connectivity index (χ0n) is 11.0. The lowest BCUT2D eigenvalue weighted by Gasteiger charge is -2.33. The van der Waals surface area contributed by atoms with Crippen molar-refractivity contribution in [2.24, 2.45) is 0 Å². The number of nitrogens with zero attached hydrogens (tertiary/aromatic N) is 1. The van der Waals surface area contributed by atoms with E-state index < -0.39 is 5.97 Å². The second-order valence-corrected chi connectivity index (χ2v) is 5.79. The fourth-order valence-electron chi connectivity index (χ4n) is 2.50. The van der Waals surface area contributed by atoms with E-state index in [9.17, 15) is 9.90 Å². The first-order valence-corrected chi connectivity index (χ1v) is 7.41. The van der Waals surface area contributed by atoms with Crippen molar-refractivity contribution in [3.63, 3.8) is 0 Å². The van der Waals surface area contributed by atoms with E-state index in [-0.39, 0.29) is 0 Å². The van der Waals surface area contributed by atoms with Gasteiger partial charge in [0.2, 0.25) is 0 Å². The van der Waals surface area contributed by atoms with Gasteiger partial charge in [0.1, 0.15) is 0 Å². The van der Waals surface area contributed by atoms with Gasteiger partial charge in [-0.1, -0.05) is 22.9 Å². The Hall–Kier alpha value is -1.07. The maximum atomic E-state index is 11.2. The molecule has 0 amide bonds. The lowest BCUT2D eigenvalue weighted by atomic mass is 10.0. The summed E-state index contributed by atoms with van der Waals surface area (Å²) in [4.78, 5) is 13.6. The number of likely N-dealkylation sites (N-methyl/N-ethyl adjacent to an activating group) is 1. The van der Waals surface area contributed by atoms with Gasteiger partial charge in [0.15, 0.2) is 0 Å². The first kappa shape index (κ1) is 14.3. The second-order valence-electron chi connectivity index (χ2n) is 4.87. The largest absolute Gasteiger partial charge is 0.478 e. The molecule has 0 radical (unpaired) electrons. The fraction of sp³-hybridized carbons (Fsp3) is 0.500. The van der Waals surface area contributed by atoms with E-state index in [0.717, 1.165) is 36.9 Å². The number of nitrogens with one attached hydrogen (secondary N) is 1. The normalized spacial score (nSPS) is 20.2. The van der Waals surface area contributed by atoms with Crippen LogP contribution in [-0.4, -0.2) is 41.7 Å². The van der Waals surface area contributed by atoms with Gasteiger partial charge in [-0.25, -0.2) is 4.79 Å². The summed E-state index contributed by atoms with van der Waals surface area (Å²) in [7, 11) is 0. The average Bonchev–Trinajstić information content (AvgIpc) is 2.38. The van der Waals surface area contributed by atoms with Crippen LogP contribution in [0.15, 0.2) is 22.7 Å². The van der Waals surface area contributed by atoms with Gasteiger partial charge in [-0.3, -0.25) is 0 Å². The topological polar surface area (TPSA) is 52.6 Å². The summed E-state index contributed by atoms with van der Waals surface area (Å²) in [6, 6.07) is 5.55. The molecule has 0 aliphatic carbocycles. The Kier molecular flexibility index (Phi) is 4.82. The first-order chi connectivity index (χ1) is 9.10. The van der Waals surface area contributed by atoms with Crippen molar-refractivity contribution >= 4 is 27.6 Å². The summed E-state index contributed by atoms with van der Waals surface area (Å²) in [5, 5.41) is 12.6. The van der Waals surface area contributed by atoms with Gasteiger partial charge < -0.3 is 15.3 Å². The van der Waals surface area contributed by atoms with Crippen LogP contribution in [0.5, 0.6) is 0 Å². The van der Waals surface area contributed by atoms with E-state index in [1.54, 1.807) is 12.1 Å². The molecule has 1 aliphatic rings. The summed E-state index contributed by atoms with van der Waals surface area (Å²) in [6.07, 6.45) is 2.24. The molecule has 1 saturated heterocycles. The highest BCUT2D eigenvalue weighted by Crippen LogP contribution is 2.24. The number of benzene rings is 1. The van der Waals surface area contributed by atoms with E-state index in [4.69, 9.17) is 0 Å². The molecule has 0 saturated carbocycles. The second kappa shape index (κ2) is 6.39. The van der Waals surface area contributed by atoms with Crippen LogP contribution < -0.4 is 5.32 Å². The van der Waals surface area contributed by atoms with Crippen LogP contribution >= 0.6 is 15.9 Å². The van der Waals surface area contributed by atoms with Gasteiger partial charge in [0, 0.05) is 17.1 Å². The van der Waals surface area contributed by atoms with Crippen molar-refractivity contribution in [1.29, 1.82) is 0 Å². The van der Waals surface area contributed by atoms with Gasteiger partial charge >= 0.3 is 5.97 Å². The Labute approximate surface area is 121 Å². The number of carboxylic acid groups (broad SMARTS) is 1. The number of hydrogen-bond acceptors (Lipinski definition) is 3. The number of piperidine rings is 1. The maximum absolute atomic E-state index is 11.2. The molecule has 1 fully saturated rings. The Bertz CT molecular complexity index is 465. The third-order valence-electron chi connectivity index (χ3n) is 3.52. The number of carboxylic acids is 1. The lowest BCUT2D eigenvalue weighted by molar-refractivity contribution is 0.0698. The molecule has 1 aromatic carbocycles. The lowest BCUT2D eigenvalue weighted by Crippen LogP contribution is -2.42. The average molecular weight is 327 g/mol. The van der Waals surface area contributed by atoms with E-state index in [0.29, 0.717) is 17.3 Å². The van der Waals surface area contributed by atoms with Crippen LogP contribution in [0.4, 0.5) is 5.69 Å². The highest BCUT2D eigenvalue weighted by Gasteiger charge is 2.20. The summed E-state index contributed by atoms with van der Waals surface area (Å²) < 4.78 is 0.892. The Morgan fingerprint density at radius 1 is 1.58 bits per heavy atom. The predicted octanol–water partition coefficient (Wildman–Crippen LogP) is 3.04. The number of anilines is 1. The third-order valence-corrected chi connectivity index (χ3v) is 4.02. The van der Waals surface area contributed by atoms with E-state index >= 15 is 0 Å². The van der Waals surface area contributed by atoms with Crippen LogP contribution in [0.1, 0.15) is 30.1 Å². The van der Waals surface area contributed by atoms with Crippen molar-refractivity contribution in [2.75, 3.05) is 25.0 Å². The van der Waals surface area contributed by atoms with Crippen LogP contribution in [0.3, 0.4) is 0 Å². The molecular formula is C14H19BrN2O2. The smallest absolute Gasteiger partial charge is 0.337 e. The SMILES string of the molecule is CCN1CCCC(Nc2cc(Br)ccc2C(=O)O)C1. The van der Waals surface area contributed by atoms with Gasteiger partial charge in [0.05, 0.1) is 11.3 Å². The summed E-state index contributed by atoms with van der Waals surface area (Å²) in [5.41, 5.74) is 1.03. The highest BCUT2D eigenvalue weighted by atomic mass is 79.9. The Morgan fingerprint density at radius 2 is 2.37 bits per heavy atom. The number of halogens is 1. The molecule has 1 heterocycles. The number of likely N-dealkylation sites (tertiary alicyclic amines) is 1. The van der Waals surface area contributed by atoms with Gasteiger partial charge in [-0.05, 0) is 44.1 Å². The quantitative estimate of drug-likeness (QED) is 0.892. The first-order valence-electron chi connectivity index (χ1n) is 6.62. The molecule has 2 N–H and O–H groups in total. The zero-order chi connectivity index (χ0) is 13.8. The van der Waals surface area contributed by atoms with Crippen molar-refractivity contribution in [3.05, 3.63) is 28.2 Å². The maximum Gasteiger partial charge on any atom is 0.337 e. The molecule has 19 heavy (non-hydrogen) atoms. The van der Waals surface area contributed by atoms with Gasteiger partial charge in [-0.2, -0.15) is 0 Å². The standard InChI is InChI=1S/C14H19BrN2O2/c1-2-17-7-3-4-11(9-17)16-13-8-10(15)5-6-12(13)14(18)19/h5-6,8,11,16H,2-4,7,9H2,1H3,(H,18,19). The molecule has 1 atom stereocenters. The van der Waals surface area contributed by atoms with Crippen LogP contribution in [0.2, 0.25) is 0 Å². The van der Waals surface area contributed by atoms with Crippen LogP contribution in [0.25, 0.3) is 0 Å². The van der Waals surface area contributed by atoms with Crippen molar-refractivity contribution in [2.45, 2.75) is 25.8 Å². The summed E-state index contributed by atoms with van der Waals surface area (Å²) >= 11 is 3.39. The minimum Gasteiger partial charge on any atom is -0.478 e. The molecule has 0 spiro atoms. The number of carbonyl (C=O) groups is 1. The molecule has 0 bridgehead atoms. The van der Waals surface area contributed by atoms with Gasteiger partial charge in [0.25, 0.3) is 0 Å². The van der Waals surface area contributed by atoms with E-state index in [1.807, 2.05) is 6.07 Å². The van der Waals surface area contributed by atoms with Gasteiger partial charge in [-0.15, -0.1) is 0 Å². The van der Waals surface area contributed by atoms with Crippen LogP contribution in [-0.2, 0) is 0 Å². The molecule has 1 aliphatic heterocycles. The fourth-order valence-corrected chi connectivity index (χ4v) is 2.86. The molecular weight excluding hydrogens is 308 g/mol. The monoisotopic (exact) mass is 326 g/mol. The molecule has 5 heteroatoms. The minimum absolute atomic E-state index is 0.320. The molecule has 4 nitrogen and oxygen atoms in total. The van der Waals surface area contributed by atoms with E-state index in [1.165, 1.54) is 0 Å². The Balaban J connectivity index is 2.13. The molecule has 104 valence electrons. The minimum atomic E-state index is -0.891. The van der Waals surface area contributed by atoms with Crippen molar-refractivity contribution in [3.8, 4) is 0 Å². The molecule has 2 rings (SSSR count). The molecule has 0 aromatic heterocycles. The summed E-state index contributed by atoms with van der Waals surface area (Å²) in [6.45, 7) is 5.31. The van der Waals surface area contributed by atoms with E-state index in [2.05, 4.69) is 33.1 Å². The number of aromatic carboxylic acids is 1. The number of rotatable bonds is 4.